The van der Waals surface area contributed by atoms with E-state index >= 15 is 0 Å². The van der Waals surface area contributed by atoms with Crippen LogP contribution in [-0.2, 0) is 5.41 Å². The molecule has 0 radical (unpaired) electrons. The Morgan fingerprint density at radius 1 is 1.17 bits per heavy atom. The topological polar surface area (TPSA) is 24.1 Å². The molecule has 0 bridgehead atoms. The summed E-state index contributed by atoms with van der Waals surface area (Å²) in [4.78, 5) is 0. The lowest BCUT2D eigenvalue weighted by Gasteiger charge is -2.24. The summed E-state index contributed by atoms with van der Waals surface area (Å²) in [6.07, 6.45) is 3.99. The number of rotatable bonds is 3. The lowest BCUT2D eigenvalue weighted by atomic mass is 9.87. The highest BCUT2D eigenvalue weighted by molar-refractivity contribution is 5.45. The van der Waals surface area contributed by atoms with E-state index in [0.717, 1.165) is 6.54 Å². The van der Waals surface area contributed by atoms with Crippen molar-refractivity contribution in [3.63, 3.8) is 0 Å². The van der Waals surface area contributed by atoms with Crippen molar-refractivity contribution >= 4 is 5.69 Å². The molecular weight excluding hydrogens is 220 g/mol. The molecule has 1 atom stereocenters. The summed E-state index contributed by atoms with van der Waals surface area (Å²) < 4.78 is 0. The van der Waals surface area contributed by atoms with Gasteiger partial charge in [-0.3, -0.25) is 0 Å². The van der Waals surface area contributed by atoms with Crippen LogP contribution in [0.25, 0.3) is 0 Å². The normalized spacial score (nSPS) is 20.7. The standard InChI is InChI=1S/C16H26N2/c1-16(2,3)13-7-9-14(10-8-13)18-12-15-6-4-5-11-17-15/h7-10,15,17-18H,4-6,11-12H2,1-3H3. The van der Waals surface area contributed by atoms with E-state index in [2.05, 4.69) is 55.7 Å². The third-order valence-electron chi connectivity index (χ3n) is 3.72. The van der Waals surface area contributed by atoms with E-state index < -0.39 is 0 Å². The molecule has 1 aliphatic heterocycles. The summed E-state index contributed by atoms with van der Waals surface area (Å²) in [5.74, 6) is 0. The van der Waals surface area contributed by atoms with Gasteiger partial charge in [-0.05, 0) is 42.5 Å². The first-order valence-corrected chi connectivity index (χ1v) is 7.13. The molecule has 1 unspecified atom stereocenters. The van der Waals surface area contributed by atoms with Crippen LogP contribution in [0.15, 0.2) is 24.3 Å². The van der Waals surface area contributed by atoms with E-state index in [-0.39, 0.29) is 5.41 Å². The third kappa shape index (κ3) is 3.74. The van der Waals surface area contributed by atoms with Crippen molar-refractivity contribution in [2.75, 3.05) is 18.4 Å². The maximum absolute atomic E-state index is 3.56. The molecule has 1 fully saturated rings. The first-order valence-electron chi connectivity index (χ1n) is 7.13. The molecule has 2 N–H and O–H groups in total. The van der Waals surface area contributed by atoms with Gasteiger partial charge in [-0.25, -0.2) is 0 Å². The molecule has 0 aromatic heterocycles. The van der Waals surface area contributed by atoms with Crippen molar-refractivity contribution < 1.29 is 0 Å². The number of hydrogen-bond donors (Lipinski definition) is 2. The van der Waals surface area contributed by atoms with Crippen molar-refractivity contribution in [1.82, 2.24) is 5.32 Å². The second kappa shape index (κ2) is 5.75. The Labute approximate surface area is 111 Å². The lowest BCUT2D eigenvalue weighted by molar-refractivity contribution is 0.414. The molecule has 0 saturated carbocycles. The number of nitrogens with one attached hydrogen (secondary N) is 2. The van der Waals surface area contributed by atoms with E-state index in [9.17, 15) is 0 Å². The Bertz CT molecular complexity index is 356. The fraction of sp³-hybridized carbons (Fsp3) is 0.625. The summed E-state index contributed by atoms with van der Waals surface area (Å²) in [7, 11) is 0. The third-order valence-corrected chi connectivity index (χ3v) is 3.72. The zero-order chi connectivity index (χ0) is 13.0. The van der Waals surface area contributed by atoms with Crippen molar-refractivity contribution in [3.05, 3.63) is 29.8 Å². The van der Waals surface area contributed by atoms with Gasteiger partial charge in [-0.1, -0.05) is 39.3 Å². The largest absolute Gasteiger partial charge is 0.383 e. The zero-order valence-corrected chi connectivity index (χ0v) is 11.9. The van der Waals surface area contributed by atoms with Crippen LogP contribution in [0.4, 0.5) is 5.69 Å². The van der Waals surface area contributed by atoms with Gasteiger partial charge in [0.2, 0.25) is 0 Å². The Balaban J connectivity index is 1.86. The van der Waals surface area contributed by atoms with Gasteiger partial charge in [-0.15, -0.1) is 0 Å². The van der Waals surface area contributed by atoms with Gasteiger partial charge in [0.25, 0.3) is 0 Å². The fourth-order valence-electron chi connectivity index (χ4n) is 2.43. The van der Waals surface area contributed by atoms with Gasteiger partial charge in [0.1, 0.15) is 0 Å². The molecule has 1 heterocycles. The molecule has 100 valence electrons. The van der Waals surface area contributed by atoms with Crippen LogP contribution in [0.3, 0.4) is 0 Å². The van der Waals surface area contributed by atoms with E-state index in [1.54, 1.807) is 0 Å². The molecule has 0 aliphatic carbocycles. The zero-order valence-electron chi connectivity index (χ0n) is 11.9. The van der Waals surface area contributed by atoms with E-state index in [0.29, 0.717) is 6.04 Å². The molecule has 1 aromatic rings. The van der Waals surface area contributed by atoms with Crippen molar-refractivity contribution in [3.8, 4) is 0 Å². The number of piperidine rings is 1. The molecule has 2 rings (SSSR count). The van der Waals surface area contributed by atoms with Gasteiger partial charge in [-0.2, -0.15) is 0 Å². The average Bonchev–Trinajstić information content (AvgIpc) is 2.37. The van der Waals surface area contributed by atoms with E-state index in [4.69, 9.17) is 0 Å². The quantitative estimate of drug-likeness (QED) is 0.852. The van der Waals surface area contributed by atoms with Crippen LogP contribution in [0.2, 0.25) is 0 Å². The molecule has 2 heteroatoms. The van der Waals surface area contributed by atoms with E-state index in [1.165, 1.54) is 37.1 Å². The highest BCUT2D eigenvalue weighted by Gasteiger charge is 2.14. The SMILES string of the molecule is CC(C)(C)c1ccc(NCC2CCCCN2)cc1. The Morgan fingerprint density at radius 3 is 2.44 bits per heavy atom. The molecule has 1 aromatic carbocycles. The van der Waals surface area contributed by atoms with Gasteiger partial charge in [0.05, 0.1) is 0 Å². The number of benzene rings is 1. The van der Waals surface area contributed by atoms with Crippen LogP contribution < -0.4 is 10.6 Å². The Kier molecular flexibility index (Phi) is 4.28. The molecule has 0 spiro atoms. The van der Waals surface area contributed by atoms with Crippen LogP contribution in [0.5, 0.6) is 0 Å². The number of anilines is 1. The van der Waals surface area contributed by atoms with Crippen LogP contribution in [-0.4, -0.2) is 19.1 Å². The summed E-state index contributed by atoms with van der Waals surface area (Å²) in [6, 6.07) is 9.50. The van der Waals surface area contributed by atoms with E-state index in [1.807, 2.05) is 0 Å². The maximum Gasteiger partial charge on any atom is 0.0340 e. The molecule has 1 aliphatic rings. The predicted octanol–water partition coefficient (Wildman–Crippen LogP) is 3.54. The molecule has 0 amide bonds. The minimum absolute atomic E-state index is 0.240. The molecule has 2 nitrogen and oxygen atoms in total. The van der Waals surface area contributed by atoms with Gasteiger partial charge in [0.15, 0.2) is 0 Å². The molecular formula is C16H26N2. The highest BCUT2D eigenvalue weighted by atomic mass is 15.0. The second-order valence-electron chi connectivity index (χ2n) is 6.36. The summed E-state index contributed by atoms with van der Waals surface area (Å²) >= 11 is 0. The number of hydrogen-bond acceptors (Lipinski definition) is 2. The summed E-state index contributed by atoms with van der Waals surface area (Å²) in [5.41, 5.74) is 2.86. The Morgan fingerprint density at radius 2 is 1.89 bits per heavy atom. The highest BCUT2D eigenvalue weighted by Crippen LogP contribution is 2.23. The van der Waals surface area contributed by atoms with Crippen LogP contribution >= 0.6 is 0 Å². The van der Waals surface area contributed by atoms with Gasteiger partial charge < -0.3 is 10.6 Å². The molecule has 18 heavy (non-hydrogen) atoms. The maximum atomic E-state index is 3.56. The first kappa shape index (κ1) is 13.4. The Hall–Kier alpha value is -1.02. The minimum Gasteiger partial charge on any atom is -0.383 e. The predicted molar refractivity (Wildman–Crippen MR) is 79.3 cm³/mol. The van der Waals surface area contributed by atoms with Crippen molar-refractivity contribution in [2.24, 2.45) is 0 Å². The monoisotopic (exact) mass is 246 g/mol. The van der Waals surface area contributed by atoms with Gasteiger partial charge >= 0.3 is 0 Å². The molecule has 1 saturated heterocycles. The second-order valence-corrected chi connectivity index (χ2v) is 6.36. The first-order chi connectivity index (χ1) is 8.55. The summed E-state index contributed by atoms with van der Waals surface area (Å²) in [5, 5.41) is 7.09. The van der Waals surface area contributed by atoms with Gasteiger partial charge in [0, 0.05) is 18.3 Å². The fourth-order valence-corrected chi connectivity index (χ4v) is 2.43. The minimum atomic E-state index is 0.240. The summed E-state index contributed by atoms with van der Waals surface area (Å²) in [6.45, 7) is 8.97. The van der Waals surface area contributed by atoms with Crippen LogP contribution in [0, 0.1) is 0 Å². The van der Waals surface area contributed by atoms with Crippen molar-refractivity contribution in [2.45, 2.75) is 51.5 Å². The van der Waals surface area contributed by atoms with Crippen molar-refractivity contribution in [1.29, 1.82) is 0 Å². The van der Waals surface area contributed by atoms with Crippen LogP contribution in [0.1, 0.15) is 45.6 Å². The lowest BCUT2D eigenvalue weighted by Crippen LogP contribution is -2.39. The average molecular weight is 246 g/mol. The smallest absolute Gasteiger partial charge is 0.0340 e.